The Morgan fingerprint density at radius 3 is 2.48 bits per heavy atom. The quantitative estimate of drug-likeness (QED) is 0.751. The Kier molecular flexibility index (Phi) is 5.02. The first kappa shape index (κ1) is 18.5. The molecule has 0 bridgehead atoms. The average molecular weight is 362 g/mol. The molecule has 6 heteroatoms. The highest BCUT2D eigenvalue weighted by atomic mass is 32.2. The van der Waals surface area contributed by atoms with E-state index < -0.39 is 0 Å². The van der Waals surface area contributed by atoms with Gasteiger partial charge in [0.1, 0.15) is 16.8 Å². The van der Waals surface area contributed by atoms with Crippen LogP contribution in [-0.4, -0.2) is 41.6 Å². The number of hydrogen-bond acceptors (Lipinski definition) is 6. The fourth-order valence-electron chi connectivity index (χ4n) is 3.29. The smallest absolute Gasteiger partial charge is 0.145 e. The molecule has 2 aliphatic rings. The summed E-state index contributed by atoms with van der Waals surface area (Å²) in [6.45, 7) is 14.3. The van der Waals surface area contributed by atoms with Gasteiger partial charge in [0.05, 0.1) is 31.1 Å². The summed E-state index contributed by atoms with van der Waals surface area (Å²) in [5, 5.41) is 10.6. The molecule has 0 spiro atoms. The second-order valence-corrected chi connectivity index (χ2v) is 10.0. The Morgan fingerprint density at radius 2 is 1.88 bits per heavy atom. The van der Waals surface area contributed by atoms with Crippen molar-refractivity contribution in [2.75, 3.05) is 31.2 Å². The van der Waals surface area contributed by atoms with Crippen LogP contribution in [-0.2, 0) is 22.5 Å². The minimum atomic E-state index is -0.263. The van der Waals surface area contributed by atoms with Gasteiger partial charge in [0.15, 0.2) is 0 Å². The number of rotatable bonds is 2. The predicted molar refractivity (Wildman–Crippen MR) is 100 cm³/mol. The topological polar surface area (TPSA) is 58.4 Å². The second-order valence-electron chi connectivity index (χ2n) is 8.22. The number of ether oxygens (including phenoxy) is 2. The molecule has 0 atom stereocenters. The van der Waals surface area contributed by atoms with Gasteiger partial charge in [-0.25, -0.2) is 4.98 Å². The first-order chi connectivity index (χ1) is 11.7. The van der Waals surface area contributed by atoms with Gasteiger partial charge in [0, 0.05) is 29.8 Å². The van der Waals surface area contributed by atoms with Gasteiger partial charge in [0.25, 0.3) is 0 Å². The molecule has 0 aromatic carbocycles. The van der Waals surface area contributed by atoms with Crippen molar-refractivity contribution in [1.82, 2.24) is 4.98 Å². The lowest BCUT2D eigenvalue weighted by molar-refractivity contribution is -0.0402. The van der Waals surface area contributed by atoms with E-state index in [2.05, 4.69) is 45.6 Å². The summed E-state index contributed by atoms with van der Waals surface area (Å²) in [6, 6.07) is 2.33. The Bertz CT molecular complexity index is 698. The summed E-state index contributed by atoms with van der Waals surface area (Å²) in [5.41, 5.74) is 3.63. The van der Waals surface area contributed by atoms with E-state index in [1.807, 2.05) is 0 Å². The van der Waals surface area contributed by atoms with E-state index in [0.29, 0.717) is 12.3 Å². The fourth-order valence-corrected chi connectivity index (χ4v) is 4.36. The summed E-state index contributed by atoms with van der Waals surface area (Å²) >= 11 is 1.72. The van der Waals surface area contributed by atoms with Crippen LogP contribution in [0, 0.1) is 11.3 Å². The van der Waals surface area contributed by atoms with Crippen LogP contribution in [0.25, 0.3) is 0 Å². The van der Waals surface area contributed by atoms with Crippen LogP contribution in [0.4, 0.5) is 5.69 Å². The zero-order valence-electron chi connectivity index (χ0n) is 15.8. The molecule has 0 N–H and O–H groups in total. The second kappa shape index (κ2) is 6.79. The van der Waals surface area contributed by atoms with Crippen LogP contribution in [0.3, 0.4) is 0 Å². The van der Waals surface area contributed by atoms with Gasteiger partial charge >= 0.3 is 0 Å². The number of nitriles is 1. The van der Waals surface area contributed by atoms with Crippen molar-refractivity contribution in [3.8, 4) is 6.07 Å². The van der Waals surface area contributed by atoms with Gasteiger partial charge in [-0.1, -0.05) is 32.5 Å². The zero-order chi connectivity index (χ0) is 18.2. The van der Waals surface area contributed by atoms with Crippen molar-refractivity contribution in [2.24, 2.45) is 0 Å². The van der Waals surface area contributed by atoms with Crippen molar-refractivity contribution in [1.29, 1.82) is 5.26 Å². The van der Waals surface area contributed by atoms with Crippen molar-refractivity contribution in [3.05, 3.63) is 16.8 Å². The largest absolute Gasteiger partial charge is 0.378 e. The molecule has 136 valence electrons. The standard InChI is InChI=1S/C19H27N3O2S/c1-18(2,3)25-17-16(22-6-8-23-9-7-22)14-12-24-19(4,5)10-13(14)15(11-20)21-17/h6-10,12H2,1-5H3. The number of aromatic nitrogens is 1. The number of anilines is 1. The molecule has 3 rings (SSSR count). The van der Waals surface area contributed by atoms with Crippen molar-refractivity contribution >= 4 is 17.4 Å². The van der Waals surface area contributed by atoms with E-state index in [0.717, 1.165) is 54.6 Å². The minimum absolute atomic E-state index is 0.0177. The maximum absolute atomic E-state index is 9.69. The Balaban J connectivity index is 2.16. The maximum atomic E-state index is 9.69. The summed E-state index contributed by atoms with van der Waals surface area (Å²) in [7, 11) is 0. The molecule has 0 unspecified atom stereocenters. The van der Waals surface area contributed by atoms with Crippen LogP contribution in [0.1, 0.15) is 51.4 Å². The lowest BCUT2D eigenvalue weighted by Gasteiger charge is -2.38. The molecule has 0 amide bonds. The Morgan fingerprint density at radius 1 is 1.20 bits per heavy atom. The monoisotopic (exact) mass is 361 g/mol. The highest BCUT2D eigenvalue weighted by molar-refractivity contribution is 8.00. The number of nitrogens with zero attached hydrogens (tertiary/aromatic N) is 3. The van der Waals surface area contributed by atoms with E-state index in [-0.39, 0.29) is 10.3 Å². The predicted octanol–water partition coefficient (Wildman–Crippen LogP) is 3.53. The van der Waals surface area contributed by atoms with Gasteiger partial charge in [-0.05, 0) is 19.4 Å². The van der Waals surface area contributed by atoms with Crippen LogP contribution in [0.2, 0.25) is 0 Å². The third-order valence-corrected chi connectivity index (χ3v) is 5.49. The molecular formula is C19H27N3O2S. The van der Waals surface area contributed by atoms with Gasteiger partial charge in [0.2, 0.25) is 0 Å². The SMILES string of the molecule is CC1(C)Cc2c(C#N)nc(SC(C)(C)C)c(N3CCOCC3)c2CO1. The molecule has 25 heavy (non-hydrogen) atoms. The third-order valence-electron chi connectivity index (χ3n) is 4.40. The Hall–Kier alpha value is -1.29. The van der Waals surface area contributed by atoms with Gasteiger partial charge < -0.3 is 14.4 Å². The molecule has 1 aromatic heterocycles. The van der Waals surface area contributed by atoms with E-state index in [4.69, 9.17) is 14.5 Å². The average Bonchev–Trinajstić information content (AvgIpc) is 2.53. The van der Waals surface area contributed by atoms with Gasteiger partial charge in [-0.3, -0.25) is 0 Å². The van der Waals surface area contributed by atoms with E-state index in [9.17, 15) is 5.26 Å². The molecule has 0 radical (unpaired) electrons. The number of hydrogen-bond donors (Lipinski definition) is 0. The van der Waals surface area contributed by atoms with Crippen molar-refractivity contribution < 1.29 is 9.47 Å². The van der Waals surface area contributed by atoms with Crippen LogP contribution < -0.4 is 4.90 Å². The number of morpholine rings is 1. The summed E-state index contributed by atoms with van der Waals surface area (Å²) in [5.74, 6) is 0. The van der Waals surface area contributed by atoms with Gasteiger partial charge in [-0.2, -0.15) is 5.26 Å². The molecule has 0 saturated carbocycles. The molecular weight excluding hydrogens is 334 g/mol. The van der Waals surface area contributed by atoms with Crippen molar-refractivity contribution in [2.45, 2.75) is 63.0 Å². The zero-order valence-corrected chi connectivity index (χ0v) is 16.6. The highest BCUT2D eigenvalue weighted by Crippen LogP contribution is 2.43. The molecule has 1 saturated heterocycles. The summed E-state index contributed by atoms with van der Waals surface area (Å²) in [6.07, 6.45) is 0.718. The summed E-state index contributed by atoms with van der Waals surface area (Å²) in [4.78, 5) is 7.15. The lowest BCUT2D eigenvalue weighted by Crippen LogP contribution is -2.39. The van der Waals surface area contributed by atoms with Gasteiger partial charge in [-0.15, -0.1) is 0 Å². The molecule has 3 heterocycles. The van der Waals surface area contributed by atoms with E-state index >= 15 is 0 Å². The normalized spacial score (nSPS) is 20.1. The van der Waals surface area contributed by atoms with Crippen LogP contribution in [0.5, 0.6) is 0 Å². The third kappa shape index (κ3) is 4.11. The minimum Gasteiger partial charge on any atom is -0.378 e. The number of pyridine rings is 1. The molecule has 0 aliphatic carbocycles. The Labute approximate surface area is 154 Å². The van der Waals surface area contributed by atoms with Crippen LogP contribution in [0.15, 0.2) is 5.03 Å². The number of fused-ring (bicyclic) bond motifs is 1. The van der Waals surface area contributed by atoms with Crippen molar-refractivity contribution in [3.63, 3.8) is 0 Å². The van der Waals surface area contributed by atoms with E-state index in [1.54, 1.807) is 11.8 Å². The first-order valence-corrected chi connectivity index (χ1v) is 9.63. The van der Waals surface area contributed by atoms with Crippen LogP contribution >= 0.6 is 11.8 Å². The molecule has 2 aliphatic heterocycles. The first-order valence-electron chi connectivity index (χ1n) is 8.82. The lowest BCUT2D eigenvalue weighted by atomic mass is 9.90. The van der Waals surface area contributed by atoms with E-state index in [1.165, 1.54) is 0 Å². The fraction of sp³-hybridized carbons (Fsp3) is 0.684. The molecule has 1 fully saturated rings. The maximum Gasteiger partial charge on any atom is 0.145 e. The number of thioether (sulfide) groups is 1. The highest BCUT2D eigenvalue weighted by Gasteiger charge is 2.34. The molecule has 5 nitrogen and oxygen atoms in total. The molecule has 1 aromatic rings. The summed E-state index contributed by atoms with van der Waals surface area (Å²) < 4.78 is 11.7.